The zero-order chi connectivity index (χ0) is 22.2. The van der Waals surface area contributed by atoms with E-state index in [4.69, 9.17) is 39.5 Å². The number of anilines is 2. The van der Waals surface area contributed by atoms with Crippen LogP contribution >= 0.6 is 34.8 Å². The summed E-state index contributed by atoms with van der Waals surface area (Å²) in [7, 11) is 0. The number of ether oxygens (including phenoxy) is 1. The van der Waals surface area contributed by atoms with E-state index in [2.05, 4.69) is 20.9 Å². The van der Waals surface area contributed by atoms with E-state index in [1.165, 1.54) is 6.07 Å². The first-order chi connectivity index (χ1) is 14.9. The van der Waals surface area contributed by atoms with Crippen LogP contribution in [0.1, 0.15) is 5.69 Å². The van der Waals surface area contributed by atoms with Crippen LogP contribution in [0.5, 0.6) is 5.75 Å². The van der Waals surface area contributed by atoms with E-state index in [-0.39, 0.29) is 13.2 Å². The molecular weight excluding hydrogens is 463 g/mol. The number of carbonyl (C=O) groups excluding carboxylic acids is 2. The Hall–Kier alpha value is -3.00. The van der Waals surface area contributed by atoms with Crippen molar-refractivity contribution in [3.05, 3.63) is 81.6 Å². The molecule has 0 radical (unpaired) electrons. The van der Waals surface area contributed by atoms with Gasteiger partial charge in [-0.25, -0.2) is 4.79 Å². The van der Waals surface area contributed by atoms with Gasteiger partial charge < -0.3 is 20.7 Å². The molecule has 3 amide bonds. The van der Waals surface area contributed by atoms with Gasteiger partial charge in [-0.05, 0) is 48.5 Å². The van der Waals surface area contributed by atoms with E-state index in [1.807, 2.05) is 18.2 Å². The normalized spacial score (nSPS) is 10.3. The number of carbonyl (C=O) groups is 2. The van der Waals surface area contributed by atoms with Crippen molar-refractivity contribution in [3.8, 4) is 5.75 Å². The molecule has 0 unspecified atom stereocenters. The summed E-state index contributed by atoms with van der Waals surface area (Å²) < 4.78 is 5.64. The number of amides is 3. The van der Waals surface area contributed by atoms with E-state index >= 15 is 0 Å². The minimum Gasteiger partial charge on any atom is -0.486 e. The van der Waals surface area contributed by atoms with Gasteiger partial charge in [0, 0.05) is 16.9 Å². The lowest BCUT2D eigenvalue weighted by molar-refractivity contribution is -0.115. The average molecular weight is 480 g/mol. The molecule has 160 valence electrons. The predicted molar refractivity (Wildman–Crippen MR) is 122 cm³/mol. The number of hydrogen-bond donors (Lipinski definition) is 3. The Bertz CT molecular complexity index is 1080. The largest absolute Gasteiger partial charge is 0.486 e. The number of urea groups is 1. The molecule has 0 aliphatic rings. The monoisotopic (exact) mass is 478 g/mol. The average Bonchev–Trinajstić information content (AvgIpc) is 2.75. The fraction of sp³-hybridized carbons (Fsp3) is 0.0952. The molecule has 3 N–H and O–H groups in total. The molecule has 0 atom stereocenters. The van der Waals surface area contributed by atoms with Crippen LogP contribution in [-0.4, -0.2) is 23.5 Å². The van der Waals surface area contributed by atoms with Crippen LogP contribution in [-0.2, 0) is 11.4 Å². The third-order valence-electron chi connectivity index (χ3n) is 3.90. The van der Waals surface area contributed by atoms with Gasteiger partial charge in [-0.15, -0.1) is 0 Å². The summed E-state index contributed by atoms with van der Waals surface area (Å²) in [5.41, 5.74) is 1.55. The Morgan fingerprint density at radius 1 is 0.935 bits per heavy atom. The van der Waals surface area contributed by atoms with Crippen molar-refractivity contribution in [3.63, 3.8) is 0 Å². The molecule has 31 heavy (non-hydrogen) atoms. The summed E-state index contributed by atoms with van der Waals surface area (Å²) in [4.78, 5) is 28.3. The highest BCUT2D eigenvalue weighted by molar-refractivity contribution is 6.35. The third-order valence-corrected chi connectivity index (χ3v) is 4.76. The number of halogens is 3. The lowest BCUT2D eigenvalue weighted by atomic mass is 10.3. The Morgan fingerprint density at radius 3 is 2.52 bits per heavy atom. The Balaban J connectivity index is 1.48. The molecule has 10 heteroatoms. The first-order valence-electron chi connectivity index (χ1n) is 9.03. The molecule has 0 saturated heterocycles. The molecule has 7 nitrogen and oxygen atoms in total. The van der Waals surface area contributed by atoms with Gasteiger partial charge in [0.25, 0.3) is 0 Å². The van der Waals surface area contributed by atoms with Crippen LogP contribution < -0.4 is 20.7 Å². The minimum atomic E-state index is -0.578. The van der Waals surface area contributed by atoms with Crippen molar-refractivity contribution in [1.29, 1.82) is 0 Å². The summed E-state index contributed by atoms with van der Waals surface area (Å²) in [6.07, 6.45) is 1.68. The topological polar surface area (TPSA) is 92.4 Å². The summed E-state index contributed by atoms with van der Waals surface area (Å²) in [6, 6.07) is 14.4. The second kappa shape index (κ2) is 10.9. The van der Waals surface area contributed by atoms with Crippen LogP contribution in [0.2, 0.25) is 15.1 Å². The molecule has 2 aromatic carbocycles. The van der Waals surface area contributed by atoms with E-state index in [0.29, 0.717) is 32.2 Å². The van der Waals surface area contributed by atoms with Crippen LogP contribution in [0.25, 0.3) is 0 Å². The Kier molecular flexibility index (Phi) is 7.94. The maximum Gasteiger partial charge on any atom is 0.319 e. The van der Waals surface area contributed by atoms with Crippen molar-refractivity contribution in [2.45, 2.75) is 6.61 Å². The highest BCUT2D eigenvalue weighted by Crippen LogP contribution is 2.28. The van der Waals surface area contributed by atoms with Crippen molar-refractivity contribution in [2.75, 3.05) is 17.2 Å². The van der Waals surface area contributed by atoms with Crippen molar-refractivity contribution >= 4 is 58.1 Å². The molecule has 0 saturated carbocycles. The number of nitrogens with zero attached hydrogens (tertiary/aromatic N) is 1. The fourth-order valence-electron chi connectivity index (χ4n) is 2.45. The SMILES string of the molecule is O=C(CNC(=O)Nc1ccc(OCc2ccccn2)c(Cl)c1)Nc1cc(Cl)ccc1Cl. The van der Waals surface area contributed by atoms with Gasteiger partial charge in [-0.1, -0.05) is 40.9 Å². The maximum absolute atomic E-state index is 12.1. The first-order valence-corrected chi connectivity index (χ1v) is 10.2. The van der Waals surface area contributed by atoms with E-state index in [0.717, 1.165) is 5.69 Å². The zero-order valence-electron chi connectivity index (χ0n) is 16.0. The van der Waals surface area contributed by atoms with Crippen LogP contribution in [0, 0.1) is 0 Å². The quantitative estimate of drug-likeness (QED) is 0.424. The molecule has 0 bridgehead atoms. The van der Waals surface area contributed by atoms with Gasteiger partial charge in [0.1, 0.15) is 12.4 Å². The van der Waals surface area contributed by atoms with Crippen molar-refractivity contribution in [2.24, 2.45) is 0 Å². The molecule has 0 fully saturated rings. The summed E-state index contributed by atoms with van der Waals surface area (Å²) in [5, 5.41) is 8.70. The first kappa shape index (κ1) is 22.7. The molecule has 1 heterocycles. The molecule has 1 aromatic heterocycles. The van der Waals surface area contributed by atoms with Gasteiger partial charge in [0.05, 0.1) is 28.0 Å². The van der Waals surface area contributed by atoms with Crippen LogP contribution in [0.4, 0.5) is 16.2 Å². The summed E-state index contributed by atoms with van der Waals surface area (Å²) in [6.45, 7) is -0.00669. The number of benzene rings is 2. The second-order valence-electron chi connectivity index (χ2n) is 6.23. The summed E-state index contributed by atoms with van der Waals surface area (Å²) in [5.74, 6) is -0.00771. The molecule has 3 aromatic rings. The van der Waals surface area contributed by atoms with Gasteiger partial charge in [-0.2, -0.15) is 0 Å². The van der Waals surface area contributed by atoms with Gasteiger partial charge >= 0.3 is 6.03 Å². The summed E-state index contributed by atoms with van der Waals surface area (Å²) >= 11 is 18.1. The minimum absolute atomic E-state index is 0.263. The standard InChI is InChI=1S/C21H17Cl3N4O3/c22-13-4-6-16(23)18(9-13)28-20(29)11-26-21(30)27-14-5-7-19(17(24)10-14)31-12-15-3-1-2-8-25-15/h1-10H,11-12H2,(H,28,29)(H2,26,27,30). The lowest BCUT2D eigenvalue weighted by Gasteiger charge is -2.11. The predicted octanol–water partition coefficient (Wildman–Crippen LogP) is 5.38. The highest BCUT2D eigenvalue weighted by Gasteiger charge is 2.10. The third kappa shape index (κ3) is 7.03. The fourth-order valence-corrected chi connectivity index (χ4v) is 3.03. The van der Waals surface area contributed by atoms with Crippen molar-refractivity contribution < 1.29 is 14.3 Å². The van der Waals surface area contributed by atoms with Crippen molar-refractivity contribution in [1.82, 2.24) is 10.3 Å². The molecular formula is C21H17Cl3N4O3. The van der Waals surface area contributed by atoms with E-state index in [1.54, 1.807) is 36.5 Å². The van der Waals surface area contributed by atoms with Gasteiger partial charge in [0.2, 0.25) is 5.91 Å². The molecule has 0 spiro atoms. The number of pyridine rings is 1. The number of hydrogen-bond acceptors (Lipinski definition) is 4. The van der Waals surface area contributed by atoms with Crippen LogP contribution in [0.3, 0.4) is 0 Å². The number of aromatic nitrogens is 1. The number of rotatable bonds is 7. The lowest BCUT2D eigenvalue weighted by Crippen LogP contribution is -2.35. The zero-order valence-corrected chi connectivity index (χ0v) is 18.3. The Morgan fingerprint density at radius 2 is 1.77 bits per heavy atom. The Labute approximate surface area is 193 Å². The van der Waals surface area contributed by atoms with E-state index in [9.17, 15) is 9.59 Å². The van der Waals surface area contributed by atoms with Gasteiger partial charge in [0.15, 0.2) is 0 Å². The highest BCUT2D eigenvalue weighted by atomic mass is 35.5. The molecule has 0 aliphatic carbocycles. The smallest absolute Gasteiger partial charge is 0.319 e. The molecule has 0 aliphatic heterocycles. The van der Waals surface area contributed by atoms with Gasteiger partial charge in [-0.3, -0.25) is 9.78 Å². The molecule has 3 rings (SSSR count). The van der Waals surface area contributed by atoms with E-state index < -0.39 is 11.9 Å². The van der Waals surface area contributed by atoms with Crippen LogP contribution in [0.15, 0.2) is 60.8 Å². The maximum atomic E-state index is 12.1. The second-order valence-corrected chi connectivity index (χ2v) is 7.49. The number of nitrogens with one attached hydrogen (secondary N) is 3.